The van der Waals surface area contributed by atoms with Gasteiger partial charge in [0.15, 0.2) is 0 Å². The van der Waals surface area contributed by atoms with Crippen molar-refractivity contribution in [3.05, 3.63) is 71.8 Å². The van der Waals surface area contributed by atoms with Crippen molar-refractivity contribution in [1.29, 1.82) is 0 Å². The minimum absolute atomic E-state index is 0.143. The van der Waals surface area contributed by atoms with Gasteiger partial charge in [-0.05, 0) is 31.9 Å². The number of benzene rings is 2. The van der Waals surface area contributed by atoms with E-state index < -0.39 is 11.6 Å². The zero-order chi connectivity index (χ0) is 19.2. The van der Waals surface area contributed by atoms with E-state index in [-0.39, 0.29) is 12.6 Å². The molecule has 1 atom stereocenters. The Hall–Kier alpha value is -2.17. The molecule has 0 aromatic heterocycles. The molecule has 4 heteroatoms. The van der Waals surface area contributed by atoms with Crippen molar-refractivity contribution in [3.8, 4) is 0 Å². The molecule has 26 heavy (non-hydrogen) atoms. The van der Waals surface area contributed by atoms with Crippen LogP contribution in [0.1, 0.15) is 31.9 Å². The Morgan fingerprint density at radius 1 is 1.00 bits per heavy atom. The summed E-state index contributed by atoms with van der Waals surface area (Å²) in [6, 6.07) is 18.1. The van der Waals surface area contributed by atoms with Crippen molar-refractivity contribution in [1.82, 2.24) is 0 Å². The predicted molar refractivity (Wildman–Crippen MR) is 104 cm³/mol. The van der Waals surface area contributed by atoms with Gasteiger partial charge in [0.2, 0.25) is 5.60 Å². The van der Waals surface area contributed by atoms with Gasteiger partial charge in [0.05, 0.1) is 20.1 Å². The summed E-state index contributed by atoms with van der Waals surface area (Å²) in [4.78, 5) is 13.0. The SMILES string of the molecule is CC[N+](C)(CC)C(C)COC(=O)C(O)(c1ccccc1)c1ccccc1. The molecule has 2 aromatic carbocycles. The van der Waals surface area contributed by atoms with E-state index >= 15 is 0 Å². The number of aliphatic hydroxyl groups is 1. The number of quaternary nitrogens is 1. The van der Waals surface area contributed by atoms with Gasteiger partial charge in [-0.1, -0.05) is 60.7 Å². The average molecular weight is 356 g/mol. The Morgan fingerprint density at radius 2 is 1.42 bits per heavy atom. The van der Waals surface area contributed by atoms with Gasteiger partial charge < -0.3 is 14.3 Å². The van der Waals surface area contributed by atoms with Crippen LogP contribution in [-0.4, -0.2) is 48.3 Å². The molecule has 1 N–H and O–H groups in total. The van der Waals surface area contributed by atoms with Gasteiger partial charge in [-0.3, -0.25) is 0 Å². The third-order valence-electron chi connectivity index (χ3n) is 5.64. The van der Waals surface area contributed by atoms with Crippen LogP contribution in [0.4, 0.5) is 0 Å². The Labute approximate surface area is 156 Å². The molecule has 2 rings (SSSR count). The number of ether oxygens (including phenoxy) is 1. The van der Waals surface area contributed by atoms with Gasteiger partial charge in [0.1, 0.15) is 12.6 Å². The largest absolute Gasteiger partial charge is 0.457 e. The molecule has 2 aromatic rings. The molecule has 0 saturated heterocycles. The molecule has 0 fully saturated rings. The van der Waals surface area contributed by atoms with Crippen LogP contribution < -0.4 is 0 Å². The number of esters is 1. The number of carbonyl (C=O) groups excluding carboxylic acids is 1. The van der Waals surface area contributed by atoms with Crippen molar-refractivity contribution in [2.24, 2.45) is 0 Å². The van der Waals surface area contributed by atoms with Gasteiger partial charge in [-0.15, -0.1) is 0 Å². The van der Waals surface area contributed by atoms with E-state index in [2.05, 4.69) is 27.8 Å². The maximum atomic E-state index is 13.0. The van der Waals surface area contributed by atoms with Gasteiger partial charge in [-0.25, -0.2) is 4.79 Å². The smallest absolute Gasteiger partial charge is 0.347 e. The maximum absolute atomic E-state index is 13.0. The molecule has 0 bridgehead atoms. The summed E-state index contributed by atoms with van der Waals surface area (Å²) >= 11 is 0. The van der Waals surface area contributed by atoms with E-state index in [4.69, 9.17) is 4.74 Å². The summed E-state index contributed by atoms with van der Waals surface area (Å²) in [6.45, 7) is 8.51. The highest BCUT2D eigenvalue weighted by molar-refractivity contribution is 5.85. The Bertz CT molecular complexity index is 656. The summed E-state index contributed by atoms with van der Waals surface area (Å²) in [7, 11) is 2.15. The van der Waals surface area contributed by atoms with Crippen LogP contribution in [0.2, 0.25) is 0 Å². The third kappa shape index (κ3) is 3.97. The molecule has 1 unspecified atom stereocenters. The second-order valence-corrected chi connectivity index (χ2v) is 7.00. The highest BCUT2D eigenvalue weighted by Gasteiger charge is 2.42. The summed E-state index contributed by atoms with van der Waals surface area (Å²) in [5.74, 6) is -0.638. The normalized spacial score (nSPS) is 13.3. The molecule has 140 valence electrons. The number of hydrogen-bond acceptors (Lipinski definition) is 3. The third-order valence-corrected chi connectivity index (χ3v) is 5.64. The number of carbonyl (C=O) groups is 1. The highest BCUT2D eigenvalue weighted by Crippen LogP contribution is 2.31. The summed E-state index contributed by atoms with van der Waals surface area (Å²) in [5.41, 5.74) is -0.802. The topological polar surface area (TPSA) is 46.5 Å². The van der Waals surface area contributed by atoms with Gasteiger partial charge in [0.25, 0.3) is 0 Å². The second kappa shape index (κ2) is 8.47. The van der Waals surface area contributed by atoms with Crippen molar-refractivity contribution >= 4 is 5.97 Å². The van der Waals surface area contributed by atoms with E-state index in [0.717, 1.165) is 17.6 Å². The first-order valence-corrected chi connectivity index (χ1v) is 9.23. The second-order valence-electron chi connectivity index (χ2n) is 7.00. The monoisotopic (exact) mass is 356 g/mol. The van der Waals surface area contributed by atoms with E-state index in [0.29, 0.717) is 11.1 Å². The van der Waals surface area contributed by atoms with Crippen LogP contribution in [-0.2, 0) is 15.1 Å². The molecule has 0 aliphatic rings. The zero-order valence-corrected chi connectivity index (χ0v) is 16.2. The van der Waals surface area contributed by atoms with Crippen LogP contribution in [0.3, 0.4) is 0 Å². The van der Waals surface area contributed by atoms with E-state index in [1.165, 1.54) is 0 Å². The van der Waals surface area contributed by atoms with E-state index in [9.17, 15) is 9.90 Å². The molecule has 0 aliphatic heterocycles. The van der Waals surface area contributed by atoms with Gasteiger partial charge in [-0.2, -0.15) is 0 Å². The number of likely N-dealkylation sites (N-methyl/N-ethyl adjacent to an activating group) is 1. The summed E-state index contributed by atoms with van der Waals surface area (Å²) in [5, 5.41) is 11.4. The molecular formula is C22H30NO3+. The van der Waals surface area contributed by atoms with Crippen LogP contribution in [0.5, 0.6) is 0 Å². The van der Waals surface area contributed by atoms with Crippen molar-refractivity contribution in [3.63, 3.8) is 0 Å². The number of rotatable bonds is 8. The summed E-state index contributed by atoms with van der Waals surface area (Å²) in [6.07, 6.45) is 0. The number of hydrogen-bond donors (Lipinski definition) is 1. The quantitative estimate of drug-likeness (QED) is 0.583. The standard InChI is InChI=1S/C22H30NO3/c1-5-23(4,6-2)18(3)17-26-21(24)22(25,19-13-9-7-10-14-19)20-15-11-8-12-16-20/h7-16,18,25H,5-6,17H2,1-4H3/q+1. The molecular weight excluding hydrogens is 326 g/mol. The minimum atomic E-state index is -1.82. The lowest BCUT2D eigenvalue weighted by molar-refractivity contribution is -0.928. The molecule has 4 nitrogen and oxygen atoms in total. The summed E-state index contributed by atoms with van der Waals surface area (Å²) < 4.78 is 6.43. The van der Waals surface area contributed by atoms with Crippen LogP contribution in [0.15, 0.2) is 60.7 Å². The zero-order valence-electron chi connectivity index (χ0n) is 16.2. The average Bonchev–Trinajstić information content (AvgIpc) is 2.71. The first-order chi connectivity index (χ1) is 12.4. The fourth-order valence-electron chi connectivity index (χ4n) is 3.09. The van der Waals surface area contributed by atoms with Crippen molar-refractivity contribution in [2.45, 2.75) is 32.4 Å². The maximum Gasteiger partial charge on any atom is 0.347 e. The molecule has 0 heterocycles. The van der Waals surface area contributed by atoms with Crippen LogP contribution in [0, 0.1) is 0 Å². The fourth-order valence-corrected chi connectivity index (χ4v) is 3.09. The molecule has 0 aliphatic carbocycles. The lowest BCUT2D eigenvalue weighted by atomic mass is 9.86. The first kappa shape index (κ1) is 20.1. The Kier molecular flexibility index (Phi) is 6.57. The number of nitrogens with zero attached hydrogens (tertiary/aromatic N) is 1. The molecule has 0 amide bonds. The van der Waals surface area contributed by atoms with Crippen LogP contribution in [0.25, 0.3) is 0 Å². The van der Waals surface area contributed by atoms with E-state index in [1.54, 1.807) is 48.5 Å². The van der Waals surface area contributed by atoms with Crippen molar-refractivity contribution in [2.75, 3.05) is 26.7 Å². The van der Waals surface area contributed by atoms with Gasteiger partial charge in [0, 0.05) is 0 Å². The van der Waals surface area contributed by atoms with Crippen LogP contribution >= 0.6 is 0 Å². The van der Waals surface area contributed by atoms with Gasteiger partial charge >= 0.3 is 5.97 Å². The highest BCUT2D eigenvalue weighted by atomic mass is 16.6. The fraction of sp³-hybridized carbons (Fsp3) is 0.409. The Balaban J connectivity index is 2.28. The first-order valence-electron chi connectivity index (χ1n) is 9.23. The predicted octanol–water partition coefficient (Wildman–Crippen LogP) is 3.34. The molecule has 0 saturated carbocycles. The molecule has 0 spiro atoms. The molecule has 0 radical (unpaired) electrons. The lowest BCUT2D eigenvalue weighted by Gasteiger charge is -2.38. The van der Waals surface area contributed by atoms with E-state index in [1.807, 2.05) is 12.1 Å². The lowest BCUT2D eigenvalue weighted by Crippen LogP contribution is -2.53. The Morgan fingerprint density at radius 3 is 1.81 bits per heavy atom. The van der Waals surface area contributed by atoms with Crippen molar-refractivity contribution < 1.29 is 19.1 Å². The minimum Gasteiger partial charge on any atom is -0.457 e.